The highest BCUT2D eigenvalue weighted by Crippen LogP contribution is 2.05. The summed E-state index contributed by atoms with van der Waals surface area (Å²) in [5.41, 5.74) is 1.56. The third-order valence-electron chi connectivity index (χ3n) is 1.94. The minimum Gasteiger partial charge on any atom is -0.458 e. The molecule has 0 spiro atoms. The van der Waals surface area contributed by atoms with Gasteiger partial charge >= 0.3 is 5.97 Å². The molecule has 1 saturated heterocycles. The summed E-state index contributed by atoms with van der Waals surface area (Å²) in [4.78, 5) is 11.2. The van der Waals surface area contributed by atoms with Crippen LogP contribution in [-0.4, -0.2) is 37.4 Å². The number of carbonyl (C=O) groups excluding carboxylic acids is 1. The van der Waals surface area contributed by atoms with Gasteiger partial charge in [0.2, 0.25) is 0 Å². The number of carbonyl (C=O) groups is 1. The number of rotatable bonds is 4. The van der Waals surface area contributed by atoms with Gasteiger partial charge in [0, 0.05) is 12.6 Å². The average Bonchev–Trinajstić information content (AvgIpc) is 2.66. The Bertz CT molecular complexity index is 250. The fraction of sp³-hybridized carbons (Fsp3) is 0.500. The Morgan fingerprint density at radius 1 is 1.71 bits per heavy atom. The van der Waals surface area contributed by atoms with Gasteiger partial charge < -0.3 is 15.2 Å². The van der Waals surface area contributed by atoms with Gasteiger partial charge in [-0.25, -0.2) is 4.79 Å². The van der Waals surface area contributed by atoms with Crippen LogP contribution in [-0.2, 0) is 9.53 Å². The van der Waals surface area contributed by atoms with Crippen LogP contribution in [0.25, 0.3) is 0 Å². The molecule has 1 aliphatic rings. The van der Waals surface area contributed by atoms with Gasteiger partial charge in [0.05, 0.1) is 6.61 Å². The summed E-state index contributed by atoms with van der Waals surface area (Å²) in [6.07, 6.45) is 2.40. The van der Waals surface area contributed by atoms with E-state index in [1.807, 2.05) is 0 Å². The lowest BCUT2D eigenvalue weighted by molar-refractivity contribution is -0.136. The van der Waals surface area contributed by atoms with Gasteiger partial charge in [0.1, 0.15) is 6.61 Å². The molecule has 0 aromatic carbocycles. The van der Waals surface area contributed by atoms with E-state index in [4.69, 9.17) is 9.84 Å². The van der Waals surface area contributed by atoms with Crippen molar-refractivity contribution in [3.8, 4) is 0 Å². The Hall–Kier alpha value is -1.13. The molecule has 0 aliphatic carbocycles. The van der Waals surface area contributed by atoms with Crippen LogP contribution in [0.3, 0.4) is 0 Å². The van der Waals surface area contributed by atoms with Crippen molar-refractivity contribution in [2.24, 2.45) is 0 Å². The Morgan fingerprint density at radius 2 is 2.50 bits per heavy atom. The lowest BCUT2D eigenvalue weighted by atomic mass is 10.2. The maximum absolute atomic E-state index is 11.2. The van der Waals surface area contributed by atoms with Gasteiger partial charge in [-0.1, -0.05) is 6.58 Å². The van der Waals surface area contributed by atoms with Crippen molar-refractivity contribution in [3.05, 3.63) is 23.8 Å². The molecule has 1 rings (SSSR count). The molecule has 0 bridgehead atoms. The number of aliphatic hydroxyl groups is 1. The fourth-order valence-electron chi connectivity index (χ4n) is 1.14. The molecule has 0 saturated carbocycles. The number of hydrogen-bond donors (Lipinski definition) is 2. The van der Waals surface area contributed by atoms with Gasteiger partial charge in [-0.15, -0.1) is 0 Å². The largest absolute Gasteiger partial charge is 0.458 e. The standard InChI is InChI=1S/C10H15NO3/c1-8(6-12)7-14-10(13)4-9-2-3-11-5-9/h4,11-12H,1-3,5-7H2. The molecule has 1 aliphatic heterocycles. The van der Waals surface area contributed by atoms with Crippen LogP contribution in [0, 0.1) is 0 Å². The van der Waals surface area contributed by atoms with Crippen LogP contribution < -0.4 is 5.32 Å². The molecule has 0 unspecified atom stereocenters. The molecule has 0 radical (unpaired) electrons. The molecule has 1 heterocycles. The summed E-state index contributed by atoms with van der Waals surface area (Å²) in [5, 5.41) is 11.7. The highest BCUT2D eigenvalue weighted by Gasteiger charge is 2.08. The van der Waals surface area contributed by atoms with Crippen LogP contribution in [0.1, 0.15) is 6.42 Å². The average molecular weight is 197 g/mol. The van der Waals surface area contributed by atoms with Crippen molar-refractivity contribution in [3.63, 3.8) is 0 Å². The number of aliphatic hydroxyl groups excluding tert-OH is 1. The Kier molecular flexibility index (Phi) is 4.35. The number of ether oxygens (including phenoxy) is 1. The first kappa shape index (κ1) is 10.9. The summed E-state index contributed by atoms with van der Waals surface area (Å²) >= 11 is 0. The number of esters is 1. The van der Waals surface area contributed by atoms with E-state index in [0.29, 0.717) is 5.57 Å². The predicted octanol–water partition coefficient (Wildman–Crippen LogP) is -0.00220. The molecule has 78 valence electrons. The molecule has 4 heteroatoms. The second-order valence-corrected chi connectivity index (χ2v) is 3.25. The quantitative estimate of drug-likeness (QED) is 0.378. The zero-order chi connectivity index (χ0) is 10.4. The number of nitrogens with one attached hydrogen (secondary N) is 1. The first-order chi connectivity index (χ1) is 6.72. The second kappa shape index (κ2) is 5.57. The summed E-state index contributed by atoms with van der Waals surface area (Å²) in [6, 6.07) is 0. The summed E-state index contributed by atoms with van der Waals surface area (Å²) < 4.78 is 4.85. The first-order valence-electron chi connectivity index (χ1n) is 4.57. The van der Waals surface area contributed by atoms with Crippen molar-refractivity contribution >= 4 is 5.97 Å². The topological polar surface area (TPSA) is 58.6 Å². The highest BCUT2D eigenvalue weighted by molar-refractivity contribution is 5.83. The molecular weight excluding hydrogens is 182 g/mol. The molecule has 0 atom stereocenters. The van der Waals surface area contributed by atoms with Gasteiger partial charge in [-0.2, -0.15) is 0 Å². The van der Waals surface area contributed by atoms with Crippen molar-refractivity contribution in [1.82, 2.24) is 5.32 Å². The molecule has 2 N–H and O–H groups in total. The lowest BCUT2D eigenvalue weighted by Gasteiger charge is -2.02. The molecular formula is C10H15NO3. The first-order valence-corrected chi connectivity index (χ1v) is 4.57. The monoisotopic (exact) mass is 197 g/mol. The normalized spacial score (nSPS) is 18.5. The summed E-state index contributed by atoms with van der Waals surface area (Å²) in [5.74, 6) is -0.363. The maximum Gasteiger partial charge on any atom is 0.331 e. The third kappa shape index (κ3) is 3.72. The molecule has 4 nitrogen and oxygen atoms in total. The third-order valence-corrected chi connectivity index (χ3v) is 1.94. The highest BCUT2D eigenvalue weighted by atomic mass is 16.5. The van der Waals surface area contributed by atoms with E-state index >= 15 is 0 Å². The van der Waals surface area contributed by atoms with Crippen molar-refractivity contribution in [2.45, 2.75) is 6.42 Å². The molecule has 1 fully saturated rings. The van der Waals surface area contributed by atoms with Crippen molar-refractivity contribution in [1.29, 1.82) is 0 Å². The smallest absolute Gasteiger partial charge is 0.331 e. The van der Waals surface area contributed by atoms with E-state index in [2.05, 4.69) is 11.9 Å². The van der Waals surface area contributed by atoms with E-state index in [1.165, 1.54) is 6.08 Å². The predicted molar refractivity (Wildman–Crippen MR) is 52.8 cm³/mol. The Labute approximate surface area is 83.3 Å². The zero-order valence-corrected chi connectivity index (χ0v) is 8.08. The van der Waals surface area contributed by atoms with E-state index < -0.39 is 0 Å². The van der Waals surface area contributed by atoms with Crippen LogP contribution >= 0.6 is 0 Å². The van der Waals surface area contributed by atoms with E-state index in [9.17, 15) is 4.79 Å². The van der Waals surface area contributed by atoms with Crippen LogP contribution in [0.15, 0.2) is 23.8 Å². The Balaban J connectivity index is 2.28. The van der Waals surface area contributed by atoms with Crippen LogP contribution in [0.4, 0.5) is 0 Å². The van der Waals surface area contributed by atoms with Crippen LogP contribution in [0.2, 0.25) is 0 Å². The molecule has 0 aromatic heterocycles. The van der Waals surface area contributed by atoms with Gasteiger partial charge in [-0.3, -0.25) is 0 Å². The SMILES string of the molecule is C=C(CO)COC(=O)C=C1CCNC1. The molecule has 0 amide bonds. The zero-order valence-electron chi connectivity index (χ0n) is 8.08. The Morgan fingerprint density at radius 3 is 3.07 bits per heavy atom. The molecule has 0 aromatic rings. The number of hydrogen-bond acceptors (Lipinski definition) is 4. The fourth-order valence-corrected chi connectivity index (χ4v) is 1.14. The summed E-state index contributed by atoms with van der Waals surface area (Å²) in [7, 11) is 0. The van der Waals surface area contributed by atoms with E-state index in [-0.39, 0.29) is 19.2 Å². The summed E-state index contributed by atoms with van der Waals surface area (Å²) in [6.45, 7) is 5.14. The van der Waals surface area contributed by atoms with Gasteiger partial charge in [0.25, 0.3) is 0 Å². The van der Waals surface area contributed by atoms with Crippen LogP contribution in [0.5, 0.6) is 0 Å². The maximum atomic E-state index is 11.2. The van der Waals surface area contributed by atoms with Gasteiger partial charge in [0.15, 0.2) is 0 Å². The van der Waals surface area contributed by atoms with Crippen molar-refractivity contribution in [2.75, 3.05) is 26.3 Å². The lowest BCUT2D eigenvalue weighted by Crippen LogP contribution is -2.08. The van der Waals surface area contributed by atoms with E-state index in [0.717, 1.165) is 25.1 Å². The molecule has 14 heavy (non-hydrogen) atoms. The van der Waals surface area contributed by atoms with E-state index in [1.54, 1.807) is 0 Å². The van der Waals surface area contributed by atoms with Crippen molar-refractivity contribution < 1.29 is 14.6 Å². The second-order valence-electron chi connectivity index (χ2n) is 3.25. The minimum absolute atomic E-state index is 0.0898. The minimum atomic E-state index is -0.363. The van der Waals surface area contributed by atoms with Gasteiger partial charge in [-0.05, 0) is 24.1 Å².